The van der Waals surface area contributed by atoms with Crippen molar-refractivity contribution in [3.8, 4) is 10.6 Å². The van der Waals surface area contributed by atoms with Crippen molar-refractivity contribution < 1.29 is 9.47 Å². The van der Waals surface area contributed by atoms with E-state index in [-0.39, 0.29) is 29.5 Å². The van der Waals surface area contributed by atoms with Crippen LogP contribution in [0.4, 0.5) is 0 Å². The minimum atomic E-state index is -0.630. The predicted molar refractivity (Wildman–Crippen MR) is 149 cm³/mol. The quantitative estimate of drug-likeness (QED) is 0.251. The zero-order valence-electron chi connectivity index (χ0n) is 21.4. The zero-order chi connectivity index (χ0) is 25.9. The van der Waals surface area contributed by atoms with Gasteiger partial charge in [0.2, 0.25) is 5.28 Å². The van der Waals surface area contributed by atoms with Crippen LogP contribution < -0.4 is 5.32 Å². The molecule has 1 aliphatic carbocycles. The third kappa shape index (κ3) is 4.38. The Hall–Kier alpha value is -2.62. The van der Waals surface area contributed by atoms with E-state index in [4.69, 9.17) is 31.0 Å². The van der Waals surface area contributed by atoms with Crippen LogP contribution >= 0.6 is 22.9 Å². The maximum absolute atomic E-state index is 6.55. The van der Waals surface area contributed by atoms with E-state index >= 15 is 0 Å². The summed E-state index contributed by atoms with van der Waals surface area (Å²) in [6, 6.07) is 10.5. The van der Waals surface area contributed by atoms with Gasteiger partial charge in [-0.25, -0.2) is 9.97 Å². The van der Waals surface area contributed by atoms with E-state index in [2.05, 4.69) is 56.8 Å². The minimum absolute atomic E-state index is 0.00306. The number of thiazole rings is 1. The molecule has 0 radical (unpaired) electrons. The SMILES string of the molecule is CC1(C)O[C@@H]2[C@H](O1)[C@@H](C1=CCCNC1)C[C@H]2n1cc(-c2nc(Cc3ccccc3)cs2)c2cnc(Cl)nc21. The van der Waals surface area contributed by atoms with Crippen LogP contribution in [-0.2, 0) is 15.9 Å². The first-order valence-electron chi connectivity index (χ1n) is 13.2. The maximum atomic E-state index is 6.55. The molecule has 4 atom stereocenters. The lowest BCUT2D eigenvalue weighted by atomic mass is 9.92. The van der Waals surface area contributed by atoms with Crippen molar-refractivity contribution in [2.45, 2.75) is 57.1 Å². The summed E-state index contributed by atoms with van der Waals surface area (Å²) in [5, 5.41) is 7.82. The molecule has 7 nitrogen and oxygen atoms in total. The summed E-state index contributed by atoms with van der Waals surface area (Å²) < 4.78 is 15.3. The van der Waals surface area contributed by atoms with Crippen molar-refractivity contribution in [2.24, 2.45) is 5.92 Å². The van der Waals surface area contributed by atoms with Gasteiger partial charge in [-0.15, -0.1) is 11.3 Å². The molecule has 1 aromatic carbocycles. The summed E-state index contributed by atoms with van der Waals surface area (Å²) in [4.78, 5) is 14.0. The summed E-state index contributed by atoms with van der Waals surface area (Å²) in [7, 11) is 0. The average Bonchev–Trinajstić information content (AvgIpc) is 3.66. The highest BCUT2D eigenvalue weighted by Crippen LogP contribution is 2.50. The first-order chi connectivity index (χ1) is 18.4. The fourth-order valence-electron chi connectivity index (χ4n) is 6.28. The van der Waals surface area contributed by atoms with Gasteiger partial charge in [0.25, 0.3) is 0 Å². The number of hydrogen-bond donors (Lipinski definition) is 1. The first kappa shape index (κ1) is 24.4. The van der Waals surface area contributed by atoms with E-state index < -0.39 is 5.79 Å². The molecule has 5 heterocycles. The molecule has 3 aromatic heterocycles. The monoisotopic (exact) mass is 547 g/mol. The smallest absolute Gasteiger partial charge is 0.224 e. The molecule has 7 rings (SSSR count). The molecule has 0 bridgehead atoms. The van der Waals surface area contributed by atoms with Crippen LogP contribution in [0.15, 0.2) is 59.8 Å². The molecule has 2 aliphatic heterocycles. The van der Waals surface area contributed by atoms with Crippen molar-refractivity contribution in [3.05, 3.63) is 76.3 Å². The Morgan fingerprint density at radius 1 is 1.16 bits per heavy atom. The largest absolute Gasteiger partial charge is 0.344 e. The fourth-order valence-corrected chi connectivity index (χ4v) is 7.26. The van der Waals surface area contributed by atoms with Gasteiger partial charge in [0.15, 0.2) is 5.79 Å². The van der Waals surface area contributed by atoms with Gasteiger partial charge in [0.05, 0.1) is 17.8 Å². The summed E-state index contributed by atoms with van der Waals surface area (Å²) in [6.07, 6.45) is 9.06. The van der Waals surface area contributed by atoms with E-state index in [1.54, 1.807) is 11.3 Å². The molecule has 0 unspecified atom stereocenters. The van der Waals surface area contributed by atoms with Crippen LogP contribution in [0.5, 0.6) is 0 Å². The molecule has 3 aliphatic rings. The van der Waals surface area contributed by atoms with Crippen molar-refractivity contribution >= 4 is 34.0 Å². The van der Waals surface area contributed by atoms with E-state index in [1.807, 2.05) is 26.1 Å². The number of nitrogens with zero attached hydrogens (tertiary/aromatic N) is 4. The van der Waals surface area contributed by atoms with Crippen molar-refractivity contribution in [1.82, 2.24) is 24.8 Å². The molecule has 0 amide bonds. The fraction of sp³-hybridized carbons (Fsp3) is 0.414. The average molecular weight is 548 g/mol. The van der Waals surface area contributed by atoms with Gasteiger partial charge in [-0.1, -0.05) is 42.0 Å². The highest BCUT2D eigenvalue weighted by molar-refractivity contribution is 7.13. The van der Waals surface area contributed by atoms with Gasteiger partial charge < -0.3 is 19.4 Å². The van der Waals surface area contributed by atoms with E-state index in [0.29, 0.717) is 0 Å². The third-order valence-corrected chi connectivity index (χ3v) is 8.98. The van der Waals surface area contributed by atoms with Crippen LogP contribution in [0.25, 0.3) is 21.6 Å². The topological polar surface area (TPSA) is 74.1 Å². The van der Waals surface area contributed by atoms with Gasteiger partial charge in [-0.3, -0.25) is 0 Å². The number of benzene rings is 1. The van der Waals surface area contributed by atoms with Gasteiger partial charge >= 0.3 is 0 Å². The summed E-state index contributed by atoms with van der Waals surface area (Å²) in [6.45, 7) is 5.95. The maximum Gasteiger partial charge on any atom is 0.224 e. The van der Waals surface area contributed by atoms with Gasteiger partial charge in [-0.2, -0.15) is 4.98 Å². The predicted octanol–water partition coefficient (Wildman–Crippen LogP) is 5.80. The lowest BCUT2D eigenvalue weighted by molar-refractivity contribution is -0.158. The lowest BCUT2D eigenvalue weighted by Crippen LogP contribution is -2.32. The number of fused-ring (bicyclic) bond motifs is 2. The zero-order valence-corrected chi connectivity index (χ0v) is 23.0. The number of hydrogen-bond acceptors (Lipinski definition) is 7. The van der Waals surface area contributed by atoms with Crippen LogP contribution in [0.1, 0.15) is 44.0 Å². The van der Waals surface area contributed by atoms with Gasteiger partial charge in [-0.05, 0) is 50.4 Å². The lowest BCUT2D eigenvalue weighted by Gasteiger charge is -2.27. The normalized spacial score (nSPS) is 26.6. The molecule has 196 valence electrons. The second-order valence-electron chi connectivity index (χ2n) is 10.9. The molecule has 9 heteroatoms. The Kier molecular flexibility index (Phi) is 6.13. The number of ether oxygens (including phenoxy) is 2. The van der Waals surface area contributed by atoms with Crippen LogP contribution in [0.2, 0.25) is 5.28 Å². The summed E-state index contributed by atoms with van der Waals surface area (Å²) in [5.74, 6) is -0.343. The number of halogens is 1. The molecule has 0 spiro atoms. The number of rotatable bonds is 5. The summed E-state index contributed by atoms with van der Waals surface area (Å²) in [5.41, 5.74) is 5.56. The highest BCUT2D eigenvalue weighted by atomic mass is 35.5. The second-order valence-corrected chi connectivity index (χ2v) is 12.0. The molecule has 1 saturated heterocycles. The minimum Gasteiger partial charge on any atom is -0.344 e. The Labute approximate surface area is 230 Å². The standard InChI is InChI=1S/C29H30ClN5O2S/c1-29(2)36-24-20(18-9-6-10-31-13-18)12-23(25(24)37-29)35-15-22(21-14-32-28(30)34-26(21)35)27-33-19(16-38-27)11-17-7-4-3-5-8-17/h3-5,7-9,14-16,20,23-25,31H,6,10-13H2,1-2H3/t20-,23-,24-,25+/m1/s1. The van der Waals surface area contributed by atoms with Crippen LogP contribution in [-0.4, -0.2) is 50.6 Å². The molecule has 38 heavy (non-hydrogen) atoms. The van der Waals surface area contributed by atoms with Gasteiger partial charge in [0.1, 0.15) is 16.8 Å². The Bertz CT molecular complexity index is 1510. The number of nitrogens with one attached hydrogen (secondary N) is 1. The summed E-state index contributed by atoms with van der Waals surface area (Å²) >= 11 is 7.99. The van der Waals surface area contributed by atoms with Gasteiger partial charge in [0, 0.05) is 47.6 Å². The molecular weight excluding hydrogens is 518 g/mol. The highest BCUT2D eigenvalue weighted by Gasteiger charge is 2.55. The van der Waals surface area contributed by atoms with E-state index in [0.717, 1.165) is 59.7 Å². The number of aromatic nitrogens is 4. The van der Waals surface area contributed by atoms with Crippen molar-refractivity contribution in [3.63, 3.8) is 0 Å². The molecule has 2 fully saturated rings. The molecule has 4 aromatic rings. The Balaban J connectivity index is 1.28. The molecule has 1 N–H and O–H groups in total. The molecular formula is C29H30ClN5O2S. The van der Waals surface area contributed by atoms with E-state index in [9.17, 15) is 0 Å². The Morgan fingerprint density at radius 2 is 2.00 bits per heavy atom. The van der Waals surface area contributed by atoms with Crippen molar-refractivity contribution in [2.75, 3.05) is 13.1 Å². The second kappa shape index (κ2) is 9.54. The first-order valence-corrected chi connectivity index (χ1v) is 14.5. The van der Waals surface area contributed by atoms with Crippen LogP contribution in [0, 0.1) is 5.92 Å². The Morgan fingerprint density at radius 3 is 2.82 bits per heavy atom. The van der Waals surface area contributed by atoms with E-state index in [1.165, 1.54) is 11.1 Å². The molecule has 1 saturated carbocycles. The van der Waals surface area contributed by atoms with Crippen LogP contribution in [0.3, 0.4) is 0 Å². The van der Waals surface area contributed by atoms with Crippen molar-refractivity contribution in [1.29, 1.82) is 0 Å². The third-order valence-electron chi connectivity index (χ3n) is 7.88.